The second kappa shape index (κ2) is 4.65. The standard InChI is InChI=1S/C14H20O3/c1-4-5-10-6-8-14(2)12(10)11(7-9-17-14)13(15)16-3/h4,7,10,12H,1,5-6,8-9H2,2-3H3. The van der Waals surface area contributed by atoms with Crippen LogP contribution in [0.4, 0.5) is 0 Å². The molecule has 0 N–H and O–H groups in total. The summed E-state index contributed by atoms with van der Waals surface area (Å²) in [7, 11) is 1.44. The van der Waals surface area contributed by atoms with Crippen LogP contribution in [0.15, 0.2) is 24.3 Å². The highest BCUT2D eigenvalue weighted by Gasteiger charge is 2.50. The number of carbonyl (C=O) groups is 1. The molecule has 1 aliphatic carbocycles. The third kappa shape index (κ3) is 2.04. The number of allylic oxidation sites excluding steroid dienone is 1. The van der Waals surface area contributed by atoms with Crippen LogP contribution < -0.4 is 0 Å². The lowest BCUT2D eigenvalue weighted by Gasteiger charge is -2.38. The molecule has 2 rings (SSSR count). The summed E-state index contributed by atoms with van der Waals surface area (Å²) in [6.07, 6.45) is 6.82. The van der Waals surface area contributed by atoms with E-state index in [-0.39, 0.29) is 17.5 Å². The number of carbonyl (C=O) groups excluding carboxylic acids is 1. The van der Waals surface area contributed by atoms with E-state index in [2.05, 4.69) is 13.5 Å². The van der Waals surface area contributed by atoms with Crippen LogP contribution in [0.1, 0.15) is 26.2 Å². The summed E-state index contributed by atoms with van der Waals surface area (Å²) in [6, 6.07) is 0. The molecule has 94 valence electrons. The molecule has 2 aliphatic rings. The Labute approximate surface area is 102 Å². The second-order valence-electron chi connectivity index (χ2n) is 5.08. The summed E-state index contributed by atoms with van der Waals surface area (Å²) >= 11 is 0. The van der Waals surface area contributed by atoms with Crippen molar-refractivity contribution >= 4 is 5.97 Å². The number of rotatable bonds is 3. The maximum atomic E-state index is 11.8. The summed E-state index contributed by atoms with van der Waals surface area (Å²) in [5.74, 6) is 0.394. The number of fused-ring (bicyclic) bond motifs is 1. The van der Waals surface area contributed by atoms with Crippen LogP contribution in [0, 0.1) is 11.8 Å². The van der Waals surface area contributed by atoms with Crippen molar-refractivity contribution in [2.75, 3.05) is 13.7 Å². The average molecular weight is 236 g/mol. The van der Waals surface area contributed by atoms with E-state index in [0.717, 1.165) is 24.8 Å². The van der Waals surface area contributed by atoms with E-state index in [0.29, 0.717) is 12.5 Å². The van der Waals surface area contributed by atoms with Crippen molar-refractivity contribution in [2.24, 2.45) is 11.8 Å². The van der Waals surface area contributed by atoms with Gasteiger partial charge in [0.05, 0.1) is 19.3 Å². The summed E-state index contributed by atoms with van der Waals surface area (Å²) in [5, 5.41) is 0. The van der Waals surface area contributed by atoms with Crippen molar-refractivity contribution in [3.05, 3.63) is 24.3 Å². The van der Waals surface area contributed by atoms with Crippen molar-refractivity contribution in [3.63, 3.8) is 0 Å². The molecule has 0 spiro atoms. The molecule has 0 radical (unpaired) electrons. The van der Waals surface area contributed by atoms with E-state index in [9.17, 15) is 4.79 Å². The smallest absolute Gasteiger partial charge is 0.333 e. The number of esters is 1. The molecule has 0 aromatic rings. The minimum absolute atomic E-state index is 0.154. The normalized spacial score (nSPS) is 36.0. The van der Waals surface area contributed by atoms with Crippen LogP contribution in [0.2, 0.25) is 0 Å². The summed E-state index contributed by atoms with van der Waals surface area (Å²) in [6.45, 7) is 6.42. The number of hydrogen-bond donors (Lipinski definition) is 0. The first-order valence-corrected chi connectivity index (χ1v) is 6.15. The van der Waals surface area contributed by atoms with Crippen molar-refractivity contribution in [1.82, 2.24) is 0 Å². The van der Waals surface area contributed by atoms with E-state index < -0.39 is 0 Å². The second-order valence-corrected chi connectivity index (χ2v) is 5.08. The Morgan fingerprint density at radius 3 is 3.18 bits per heavy atom. The Bertz CT molecular complexity index is 358. The van der Waals surface area contributed by atoms with E-state index >= 15 is 0 Å². The Balaban J connectivity index is 2.30. The lowest BCUT2D eigenvalue weighted by molar-refractivity contribution is -0.139. The van der Waals surface area contributed by atoms with Crippen molar-refractivity contribution in [2.45, 2.75) is 31.8 Å². The van der Waals surface area contributed by atoms with E-state index in [1.807, 2.05) is 12.2 Å². The minimum atomic E-state index is -0.208. The Morgan fingerprint density at radius 2 is 2.53 bits per heavy atom. The van der Waals surface area contributed by atoms with Gasteiger partial charge in [-0.25, -0.2) is 4.79 Å². The lowest BCUT2D eigenvalue weighted by Crippen LogP contribution is -2.41. The van der Waals surface area contributed by atoms with Gasteiger partial charge in [0.15, 0.2) is 0 Å². The summed E-state index contributed by atoms with van der Waals surface area (Å²) in [5.41, 5.74) is 0.594. The third-order valence-corrected chi connectivity index (χ3v) is 4.08. The minimum Gasteiger partial charge on any atom is -0.466 e. The zero-order valence-electron chi connectivity index (χ0n) is 10.6. The largest absolute Gasteiger partial charge is 0.466 e. The van der Waals surface area contributed by atoms with E-state index in [4.69, 9.17) is 9.47 Å². The van der Waals surface area contributed by atoms with Crippen LogP contribution in [0.25, 0.3) is 0 Å². The molecule has 1 heterocycles. The number of ether oxygens (including phenoxy) is 2. The molecule has 3 atom stereocenters. The molecule has 3 nitrogen and oxygen atoms in total. The zero-order valence-corrected chi connectivity index (χ0v) is 10.6. The molecule has 0 bridgehead atoms. The zero-order chi connectivity index (χ0) is 12.5. The molecule has 3 heteroatoms. The maximum absolute atomic E-state index is 11.8. The van der Waals surface area contributed by atoms with E-state index in [1.165, 1.54) is 7.11 Å². The predicted octanol–water partition coefficient (Wildman–Crippen LogP) is 2.48. The molecule has 1 aliphatic heterocycles. The van der Waals surface area contributed by atoms with Crippen LogP contribution in [0.3, 0.4) is 0 Å². The molecule has 17 heavy (non-hydrogen) atoms. The fourth-order valence-corrected chi connectivity index (χ4v) is 3.28. The highest BCUT2D eigenvalue weighted by atomic mass is 16.5. The highest BCUT2D eigenvalue weighted by Crippen LogP contribution is 2.49. The lowest BCUT2D eigenvalue weighted by atomic mass is 9.78. The molecular weight excluding hydrogens is 216 g/mol. The quantitative estimate of drug-likeness (QED) is 0.558. The Hall–Kier alpha value is -1.09. The summed E-state index contributed by atoms with van der Waals surface area (Å²) < 4.78 is 10.8. The van der Waals surface area contributed by atoms with Gasteiger partial charge in [-0.3, -0.25) is 0 Å². The Kier molecular flexibility index (Phi) is 3.38. The van der Waals surface area contributed by atoms with Gasteiger partial charge in [-0.1, -0.05) is 6.08 Å². The van der Waals surface area contributed by atoms with Crippen LogP contribution in [-0.2, 0) is 14.3 Å². The molecule has 1 fully saturated rings. The molecule has 3 unspecified atom stereocenters. The number of hydrogen-bond acceptors (Lipinski definition) is 3. The fourth-order valence-electron chi connectivity index (χ4n) is 3.28. The van der Waals surface area contributed by atoms with Crippen molar-refractivity contribution in [1.29, 1.82) is 0 Å². The van der Waals surface area contributed by atoms with Gasteiger partial charge in [0.25, 0.3) is 0 Å². The monoisotopic (exact) mass is 236 g/mol. The number of methoxy groups -OCH3 is 1. The fraction of sp³-hybridized carbons (Fsp3) is 0.643. The van der Waals surface area contributed by atoms with Crippen LogP contribution in [0.5, 0.6) is 0 Å². The summed E-state index contributed by atoms with van der Waals surface area (Å²) in [4.78, 5) is 11.8. The van der Waals surface area contributed by atoms with Gasteiger partial charge in [0.2, 0.25) is 0 Å². The molecule has 0 aromatic carbocycles. The average Bonchev–Trinajstić information content (AvgIpc) is 2.66. The molecular formula is C14H20O3. The van der Waals surface area contributed by atoms with Crippen molar-refractivity contribution in [3.8, 4) is 0 Å². The van der Waals surface area contributed by atoms with Gasteiger partial charge in [-0.05, 0) is 38.2 Å². The van der Waals surface area contributed by atoms with Gasteiger partial charge in [0, 0.05) is 11.5 Å². The first-order chi connectivity index (χ1) is 8.12. The topological polar surface area (TPSA) is 35.5 Å². The molecule has 0 aromatic heterocycles. The van der Waals surface area contributed by atoms with Crippen molar-refractivity contribution < 1.29 is 14.3 Å². The van der Waals surface area contributed by atoms with E-state index in [1.54, 1.807) is 0 Å². The molecule has 1 saturated carbocycles. The van der Waals surface area contributed by atoms with Crippen LogP contribution >= 0.6 is 0 Å². The van der Waals surface area contributed by atoms with Gasteiger partial charge in [0.1, 0.15) is 0 Å². The van der Waals surface area contributed by atoms with Gasteiger partial charge in [-0.2, -0.15) is 0 Å². The van der Waals surface area contributed by atoms with Crippen LogP contribution in [-0.4, -0.2) is 25.3 Å². The van der Waals surface area contributed by atoms with Gasteiger partial charge < -0.3 is 9.47 Å². The predicted molar refractivity (Wildman–Crippen MR) is 65.5 cm³/mol. The molecule has 0 amide bonds. The van der Waals surface area contributed by atoms with Gasteiger partial charge >= 0.3 is 5.97 Å². The first kappa shape index (κ1) is 12.4. The van der Waals surface area contributed by atoms with Gasteiger partial charge in [-0.15, -0.1) is 6.58 Å². The first-order valence-electron chi connectivity index (χ1n) is 6.15. The third-order valence-electron chi connectivity index (χ3n) is 4.08. The Morgan fingerprint density at radius 1 is 1.76 bits per heavy atom. The highest BCUT2D eigenvalue weighted by molar-refractivity contribution is 5.89. The SMILES string of the molecule is C=CCC1CCC2(C)OCC=C(C(=O)OC)C12. The molecule has 0 saturated heterocycles. The maximum Gasteiger partial charge on any atom is 0.333 e.